The van der Waals surface area contributed by atoms with Crippen LogP contribution in [-0.2, 0) is 26.3 Å². The highest BCUT2D eigenvalue weighted by molar-refractivity contribution is 6.00. The predicted molar refractivity (Wildman–Crippen MR) is 261 cm³/mol. The molecule has 18 rings (SSSR count). The third-order valence-corrected chi connectivity index (χ3v) is 23.6. The van der Waals surface area contributed by atoms with Crippen LogP contribution in [0, 0.1) is 75.4 Å². The van der Waals surface area contributed by atoms with Crippen molar-refractivity contribution in [1.82, 2.24) is 9.80 Å². The lowest BCUT2D eigenvalue weighted by atomic mass is 9.27. The summed E-state index contributed by atoms with van der Waals surface area (Å²) in [4.78, 5) is 37.5. The van der Waals surface area contributed by atoms with Gasteiger partial charge in [0.2, 0.25) is 0 Å². The van der Waals surface area contributed by atoms with Gasteiger partial charge in [-0.15, -0.1) is 0 Å². The van der Waals surface area contributed by atoms with Crippen molar-refractivity contribution in [3.63, 3.8) is 0 Å². The zero-order valence-electron chi connectivity index (χ0n) is 41.0. The van der Waals surface area contributed by atoms with Gasteiger partial charge >= 0.3 is 11.9 Å². The first-order chi connectivity index (χ1) is 33.2. The minimum absolute atomic E-state index is 0.111. The van der Waals surface area contributed by atoms with Gasteiger partial charge < -0.3 is 25.2 Å². The summed E-state index contributed by atoms with van der Waals surface area (Å²) < 4.78 is 14.6. The monoisotopic (exact) mass is 920 g/mol. The lowest BCUT2D eigenvalue weighted by molar-refractivity contribution is -0.282. The molecule has 15 unspecified atom stereocenters. The van der Waals surface area contributed by atoms with Crippen LogP contribution in [0.2, 0.25) is 0 Å². The van der Waals surface area contributed by atoms with Gasteiger partial charge in [0.15, 0.2) is 11.4 Å². The molecule has 1 aromatic rings. The van der Waals surface area contributed by atoms with E-state index in [-0.39, 0.29) is 41.5 Å². The SMILES string of the molecule is CC1CC2=C3C4C5=C6C(C=CC(C7CCCCC7)CC7C68C(=O)OC(=C(O)CC(C6CCC9(CCCC9)C6)N6CC9CC(C6)C(CC2)N3C9)C8(CC5)C72OC(=O)c3c(CCCN)cccc32)CC14. The van der Waals surface area contributed by atoms with Gasteiger partial charge in [0, 0.05) is 61.2 Å². The highest BCUT2D eigenvalue weighted by atomic mass is 16.6. The van der Waals surface area contributed by atoms with E-state index >= 15 is 9.59 Å². The van der Waals surface area contributed by atoms with E-state index < -0.39 is 16.4 Å². The summed E-state index contributed by atoms with van der Waals surface area (Å²) in [7, 11) is 0. The maximum atomic E-state index is 16.4. The molecule has 7 fully saturated rings. The second-order valence-electron chi connectivity index (χ2n) is 26.1. The normalized spacial score (nSPS) is 45.8. The molecule has 8 nitrogen and oxygen atoms in total. The van der Waals surface area contributed by atoms with Crippen molar-refractivity contribution >= 4 is 11.9 Å². The van der Waals surface area contributed by atoms with Crippen LogP contribution in [-0.4, -0.2) is 65.1 Å². The summed E-state index contributed by atoms with van der Waals surface area (Å²) in [5.74, 6) is 4.13. The lowest BCUT2D eigenvalue weighted by Crippen LogP contribution is -2.78. The molecule has 9 aliphatic heterocycles. The molecule has 68 heavy (non-hydrogen) atoms. The van der Waals surface area contributed by atoms with E-state index in [1.165, 1.54) is 108 Å². The van der Waals surface area contributed by atoms with Crippen LogP contribution >= 0.6 is 0 Å². The van der Waals surface area contributed by atoms with Crippen molar-refractivity contribution < 1.29 is 24.2 Å². The number of esters is 2. The number of ether oxygens (including phenoxy) is 2. The number of carbonyl (C=O) groups excluding carboxylic acids is 2. The van der Waals surface area contributed by atoms with Crippen molar-refractivity contribution in [2.45, 2.75) is 172 Å². The Morgan fingerprint density at radius 1 is 0.853 bits per heavy atom. The Morgan fingerprint density at radius 2 is 1.72 bits per heavy atom. The fourth-order valence-electron chi connectivity index (χ4n) is 21.3. The van der Waals surface area contributed by atoms with E-state index in [1.54, 1.807) is 16.8 Å². The van der Waals surface area contributed by atoms with E-state index in [1.807, 2.05) is 0 Å². The Labute approximate surface area is 405 Å². The third kappa shape index (κ3) is 5.21. The first kappa shape index (κ1) is 42.3. The molecule has 12 bridgehead atoms. The quantitative estimate of drug-likeness (QED) is 0.222. The number of carbonyl (C=O) groups is 2. The zero-order chi connectivity index (χ0) is 45.5. The topological polar surface area (TPSA) is 105 Å². The second kappa shape index (κ2) is 14.9. The minimum Gasteiger partial charge on any atom is -0.509 e. The highest BCUT2D eigenvalue weighted by Crippen LogP contribution is 2.88. The molecule has 3 N–H and O–H groups in total. The Kier molecular flexibility index (Phi) is 9.25. The molecule has 15 atom stereocenters. The van der Waals surface area contributed by atoms with E-state index in [0.29, 0.717) is 90.0 Å². The highest BCUT2D eigenvalue weighted by Gasteiger charge is 2.94. The first-order valence-corrected chi connectivity index (χ1v) is 28.5. The minimum atomic E-state index is -1.13. The number of nitrogens with zero attached hydrogens (tertiary/aromatic N) is 2. The molecule has 17 aliphatic rings. The van der Waals surface area contributed by atoms with Gasteiger partial charge in [0.25, 0.3) is 0 Å². The molecule has 8 heteroatoms. The number of hydrogen-bond donors (Lipinski definition) is 2. The molecule has 9 heterocycles. The van der Waals surface area contributed by atoms with Crippen LogP contribution in [0.25, 0.3) is 0 Å². The lowest BCUT2D eigenvalue weighted by Gasteiger charge is -2.73. The summed E-state index contributed by atoms with van der Waals surface area (Å²) in [5.41, 5.74) is 12.4. The third-order valence-electron chi connectivity index (χ3n) is 23.6. The average molecular weight is 920 g/mol. The van der Waals surface area contributed by atoms with Crippen molar-refractivity contribution in [2.24, 2.45) is 81.2 Å². The number of aliphatic hydroxyl groups is 1. The molecule has 8 aliphatic carbocycles. The van der Waals surface area contributed by atoms with Crippen LogP contribution in [0.3, 0.4) is 0 Å². The van der Waals surface area contributed by atoms with Crippen LogP contribution in [0.15, 0.2) is 64.3 Å². The fraction of sp³-hybridized carbons (Fsp3) is 0.733. The molecule has 4 saturated carbocycles. The standard InChI is InChI=1S/C60H77N3O5/c1-34-25-40-16-17-46-42-26-35-31-62(33-42)47(41-18-22-57(30-41)20-5-6-21-57)29-48(64)54-58-23-19-43-51(53(40)63(46)32-35)44(34)27-39-15-14-38(36-9-3-2-4-10-36)28-49(59(58,52(39)43)56(66)67-54)60(58)45-13-7-11-37(12-8-24-61)50(45)55(65)68-60/h7,11,13-15,34-36,38-39,41-42,44,46-47,49,51,64H,2-6,8-10,12,16-33,61H2,1H3. The van der Waals surface area contributed by atoms with Gasteiger partial charge in [0.1, 0.15) is 11.2 Å². The average Bonchev–Trinajstić information content (AvgIpc) is 4.12. The molecule has 0 amide bonds. The van der Waals surface area contributed by atoms with Crippen LogP contribution in [0.4, 0.5) is 0 Å². The second-order valence-corrected chi connectivity index (χ2v) is 26.1. The zero-order valence-corrected chi connectivity index (χ0v) is 41.0. The van der Waals surface area contributed by atoms with Crippen molar-refractivity contribution in [1.29, 1.82) is 0 Å². The van der Waals surface area contributed by atoms with E-state index in [0.717, 1.165) is 56.4 Å². The summed E-state index contributed by atoms with van der Waals surface area (Å²) >= 11 is 0. The van der Waals surface area contributed by atoms with Crippen LogP contribution in [0.5, 0.6) is 0 Å². The fourth-order valence-corrected chi connectivity index (χ4v) is 21.3. The smallest absolute Gasteiger partial charge is 0.339 e. The summed E-state index contributed by atoms with van der Waals surface area (Å²) in [6.45, 7) is 6.45. The maximum absolute atomic E-state index is 16.4. The molecule has 362 valence electrons. The predicted octanol–water partition coefficient (Wildman–Crippen LogP) is 11.2. The summed E-state index contributed by atoms with van der Waals surface area (Å²) in [6.07, 6.45) is 31.0. The van der Waals surface area contributed by atoms with Crippen molar-refractivity contribution in [3.05, 3.63) is 81.0 Å². The Bertz CT molecular complexity index is 2490. The van der Waals surface area contributed by atoms with Crippen LogP contribution < -0.4 is 5.73 Å². The number of benzene rings is 1. The van der Waals surface area contributed by atoms with Crippen LogP contribution in [0.1, 0.15) is 170 Å². The number of hydrogen-bond acceptors (Lipinski definition) is 8. The molecular weight excluding hydrogens is 843 g/mol. The number of fused-ring (bicyclic) bond motifs is 3. The van der Waals surface area contributed by atoms with E-state index in [9.17, 15) is 5.11 Å². The van der Waals surface area contributed by atoms with Gasteiger partial charge in [0.05, 0.1) is 11.0 Å². The van der Waals surface area contributed by atoms with Gasteiger partial charge in [-0.05, 0) is 180 Å². The molecule has 0 radical (unpaired) electrons. The number of aryl methyl sites for hydroxylation is 1. The molecular formula is C60H77N3O5. The number of nitrogens with two attached hydrogens (primary N) is 1. The first-order valence-electron chi connectivity index (χ1n) is 28.5. The molecule has 1 aromatic carbocycles. The number of aliphatic hydroxyl groups excluding tert-OH is 1. The number of rotatable bonds is 5. The summed E-state index contributed by atoms with van der Waals surface area (Å²) in [6, 6.07) is 7.18. The van der Waals surface area contributed by atoms with E-state index in [2.05, 4.69) is 47.1 Å². The molecule has 0 aromatic heterocycles. The number of allylic oxidation sites excluding steroid dienone is 4. The van der Waals surface area contributed by atoms with Gasteiger partial charge in [-0.2, -0.15) is 0 Å². The number of piperidine rings is 2. The van der Waals surface area contributed by atoms with Gasteiger partial charge in [-0.25, -0.2) is 4.79 Å². The molecule has 4 spiro atoms. The van der Waals surface area contributed by atoms with Crippen molar-refractivity contribution in [3.8, 4) is 0 Å². The van der Waals surface area contributed by atoms with Crippen molar-refractivity contribution in [2.75, 3.05) is 26.2 Å². The largest absolute Gasteiger partial charge is 0.509 e. The van der Waals surface area contributed by atoms with Gasteiger partial charge in [-0.1, -0.05) is 80.5 Å². The van der Waals surface area contributed by atoms with E-state index in [4.69, 9.17) is 15.2 Å². The Balaban J connectivity index is 1.00. The summed E-state index contributed by atoms with van der Waals surface area (Å²) in [5, 5.41) is 13.6. The van der Waals surface area contributed by atoms with Gasteiger partial charge in [-0.3, -0.25) is 9.69 Å². The maximum Gasteiger partial charge on any atom is 0.339 e. The Morgan fingerprint density at radius 3 is 2.57 bits per heavy atom. The molecule has 3 saturated heterocycles. The Hall–Kier alpha value is -3.36.